The number of rotatable bonds is 11. The zero-order valence-corrected chi connectivity index (χ0v) is 19.5. The molecule has 7 heteroatoms. The van der Waals surface area contributed by atoms with Crippen LogP contribution in [0.5, 0.6) is 17.2 Å². The van der Waals surface area contributed by atoms with Gasteiger partial charge in [0.1, 0.15) is 18.2 Å². The van der Waals surface area contributed by atoms with Crippen LogP contribution in [0, 0.1) is 0 Å². The van der Waals surface area contributed by atoms with Crippen LogP contribution in [0.25, 0.3) is 11.0 Å². The van der Waals surface area contributed by atoms with Crippen molar-refractivity contribution in [2.45, 2.75) is 19.4 Å². The van der Waals surface area contributed by atoms with Gasteiger partial charge in [-0.15, -0.1) is 0 Å². The summed E-state index contributed by atoms with van der Waals surface area (Å²) >= 11 is 0. The van der Waals surface area contributed by atoms with Gasteiger partial charge in [0, 0.05) is 18.5 Å². The Kier molecular flexibility index (Phi) is 7.65. The lowest BCUT2D eigenvalue weighted by Crippen LogP contribution is -2.25. The summed E-state index contributed by atoms with van der Waals surface area (Å²) in [4.78, 5) is 17.4. The average Bonchev–Trinajstić information content (AvgIpc) is 3.24. The molecule has 7 nitrogen and oxygen atoms in total. The number of carbonyl (C=O) groups is 1. The fraction of sp³-hybridized carbons (Fsp3) is 0.259. The van der Waals surface area contributed by atoms with Gasteiger partial charge in [0.2, 0.25) is 0 Å². The number of ether oxygens (including phenoxy) is 3. The predicted molar refractivity (Wildman–Crippen MR) is 132 cm³/mol. The lowest BCUT2D eigenvalue weighted by Gasteiger charge is -2.12. The summed E-state index contributed by atoms with van der Waals surface area (Å²) in [5.41, 5.74) is 2.58. The number of nitrogens with one attached hydrogen (secondary N) is 1. The van der Waals surface area contributed by atoms with E-state index in [1.54, 1.807) is 32.4 Å². The van der Waals surface area contributed by atoms with E-state index in [1.165, 1.54) is 0 Å². The first-order valence-corrected chi connectivity index (χ1v) is 11.3. The first-order valence-electron chi connectivity index (χ1n) is 11.3. The van der Waals surface area contributed by atoms with Crippen LogP contribution in [0.4, 0.5) is 0 Å². The summed E-state index contributed by atoms with van der Waals surface area (Å²) < 4.78 is 18.6. The van der Waals surface area contributed by atoms with Crippen LogP contribution in [0.3, 0.4) is 0 Å². The minimum atomic E-state index is -0.147. The Morgan fingerprint density at radius 2 is 1.71 bits per heavy atom. The minimum absolute atomic E-state index is 0.147. The summed E-state index contributed by atoms with van der Waals surface area (Å²) in [6, 6.07) is 23.0. The molecule has 1 aromatic heterocycles. The van der Waals surface area contributed by atoms with E-state index in [0.29, 0.717) is 36.8 Å². The standard InChI is InChI=1S/C27H29N3O4/c1-32-24-15-14-20(19-25(24)33-2)27(31)28-16-8-13-26-29-22-11-6-7-12-23(22)30(26)17-18-34-21-9-4-3-5-10-21/h3-7,9-12,14-15,19H,8,13,16-18H2,1-2H3,(H,28,31). The fourth-order valence-corrected chi connectivity index (χ4v) is 3.87. The van der Waals surface area contributed by atoms with Crippen LogP contribution in [0.15, 0.2) is 72.8 Å². The zero-order chi connectivity index (χ0) is 23.8. The molecule has 4 rings (SSSR count). The molecule has 0 saturated heterocycles. The monoisotopic (exact) mass is 459 g/mol. The molecule has 34 heavy (non-hydrogen) atoms. The second kappa shape index (κ2) is 11.2. The van der Waals surface area contributed by atoms with E-state index in [-0.39, 0.29) is 5.91 Å². The number of carbonyl (C=O) groups excluding carboxylic acids is 1. The molecule has 1 amide bonds. The number of amides is 1. The van der Waals surface area contributed by atoms with Gasteiger partial charge in [0.25, 0.3) is 5.91 Å². The normalized spacial score (nSPS) is 10.8. The van der Waals surface area contributed by atoms with Crippen molar-refractivity contribution in [2.75, 3.05) is 27.4 Å². The molecule has 0 unspecified atom stereocenters. The molecule has 4 aromatic rings. The highest BCUT2D eigenvalue weighted by atomic mass is 16.5. The van der Waals surface area contributed by atoms with Gasteiger partial charge in [0.05, 0.1) is 31.8 Å². The van der Waals surface area contributed by atoms with Gasteiger partial charge in [-0.2, -0.15) is 0 Å². The number of imidazole rings is 1. The number of benzene rings is 3. The SMILES string of the molecule is COc1ccc(C(=O)NCCCc2nc3ccccc3n2CCOc2ccccc2)cc1OC. The number of methoxy groups -OCH3 is 2. The molecule has 0 fully saturated rings. The molecule has 3 aromatic carbocycles. The first kappa shape index (κ1) is 23.2. The van der Waals surface area contributed by atoms with E-state index in [2.05, 4.69) is 16.0 Å². The summed E-state index contributed by atoms with van der Waals surface area (Å²) in [7, 11) is 3.12. The fourth-order valence-electron chi connectivity index (χ4n) is 3.87. The summed E-state index contributed by atoms with van der Waals surface area (Å²) in [6.45, 7) is 1.78. The molecule has 0 atom stereocenters. The Balaban J connectivity index is 1.35. The third kappa shape index (κ3) is 5.49. The molecule has 0 saturated carbocycles. The van der Waals surface area contributed by atoms with Crippen LogP contribution in [-0.4, -0.2) is 42.8 Å². The molecular formula is C27H29N3O4. The van der Waals surface area contributed by atoms with Gasteiger partial charge in [-0.1, -0.05) is 30.3 Å². The van der Waals surface area contributed by atoms with Crippen LogP contribution in [0.2, 0.25) is 0 Å². The Labute approximate surface area is 199 Å². The summed E-state index contributed by atoms with van der Waals surface area (Å²) in [5.74, 6) is 2.81. The smallest absolute Gasteiger partial charge is 0.251 e. The van der Waals surface area contributed by atoms with Crippen LogP contribution in [0.1, 0.15) is 22.6 Å². The quantitative estimate of drug-likeness (QED) is 0.335. The third-order valence-electron chi connectivity index (χ3n) is 5.57. The van der Waals surface area contributed by atoms with Gasteiger partial charge < -0.3 is 24.1 Å². The predicted octanol–water partition coefficient (Wildman–Crippen LogP) is 4.50. The van der Waals surface area contributed by atoms with Gasteiger partial charge in [-0.05, 0) is 48.9 Å². The van der Waals surface area contributed by atoms with Crippen LogP contribution >= 0.6 is 0 Å². The lowest BCUT2D eigenvalue weighted by atomic mass is 10.2. The Bertz CT molecular complexity index is 1240. The highest BCUT2D eigenvalue weighted by molar-refractivity contribution is 5.94. The molecular weight excluding hydrogens is 430 g/mol. The van der Waals surface area contributed by atoms with E-state index in [9.17, 15) is 4.79 Å². The van der Waals surface area contributed by atoms with Crippen LogP contribution in [-0.2, 0) is 13.0 Å². The highest BCUT2D eigenvalue weighted by Gasteiger charge is 2.12. The van der Waals surface area contributed by atoms with E-state index in [1.807, 2.05) is 48.5 Å². The number of aromatic nitrogens is 2. The van der Waals surface area contributed by atoms with Gasteiger partial charge >= 0.3 is 0 Å². The van der Waals surface area contributed by atoms with E-state index in [0.717, 1.165) is 35.4 Å². The highest BCUT2D eigenvalue weighted by Crippen LogP contribution is 2.27. The van der Waals surface area contributed by atoms with Crippen molar-refractivity contribution in [3.63, 3.8) is 0 Å². The second-order valence-corrected chi connectivity index (χ2v) is 7.76. The largest absolute Gasteiger partial charge is 0.493 e. The van der Waals surface area contributed by atoms with E-state index in [4.69, 9.17) is 19.2 Å². The third-order valence-corrected chi connectivity index (χ3v) is 5.57. The number of hydrogen-bond acceptors (Lipinski definition) is 5. The van der Waals surface area contributed by atoms with Crippen molar-refractivity contribution in [1.82, 2.24) is 14.9 Å². The van der Waals surface area contributed by atoms with Crippen molar-refractivity contribution in [1.29, 1.82) is 0 Å². The average molecular weight is 460 g/mol. The maximum atomic E-state index is 12.6. The van der Waals surface area contributed by atoms with Crippen LogP contribution < -0.4 is 19.5 Å². The number of hydrogen-bond donors (Lipinski definition) is 1. The zero-order valence-electron chi connectivity index (χ0n) is 19.5. The lowest BCUT2D eigenvalue weighted by molar-refractivity contribution is 0.0952. The van der Waals surface area contributed by atoms with Crippen molar-refractivity contribution >= 4 is 16.9 Å². The van der Waals surface area contributed by atoms with Gasteiger partial charge in [0.15, 0.2) is 11.5 Å². The molecule has 1 heterocycles. The molecule has 0 aliphatic rings. The van der Waals surface area contributed by atoms with Gasteiger partial charge in [-0.25, -0.2) is 4.98 Å². The van der Waals surface area contributed by atoms with Crippen molar-refractivity contribution in [3.05, 3.63) is 84.2 Å². The summed E-state index contributed by atoms with van der Waals surface area (Å²) in [6.07, 6.45) is 1.51. The molecule has 176 valence electrons. The van der Waals surface area contributed by atoms with Crippen molar-refractivity contribution in [2.24, 2.45) is 0 Å². The van der Waals surface area contributed by atoms with E-state index < -0.39 is 0 Å². The van der Waals surface area contributed by atoms with E-state index >= 15 is 0 Å². The first-order chi connectivity index (χ1) is 16.7. The van der Waals surface area contributed by atoms with Crippen molar-refractivity contribution < 1.29 is 19.0 Å². The molecule has 0 spiro atoms. The van der Waals surface area contributed by atoms with Gasteiger partial charge in [-0.3, -0.25) is 4.79 Å². The minimum Gasteiger partial charge on any atom is -0.493 e. The maximum Gasteiger partial charge on any atom is 0.251 e. The number of aryl methyl sites for hydroxylation is 1. The molecule has 0 bridgehead atoms. The Hall–Kier alpha value is -4.00. The Morgan fingerprint density at radius 1 is 0.941 bits per heavy atom. The second-order valence-electron chi connectivity index (χ2n) is 7.76. The number of para-hydroxylation sites is 3. The topological polar surface area (TPSA) is 74.6 Å². The molecule has 1 N–H and O–H groups in total. The molecule has 0 aliphatic carbocycles. The summed E-state index contributed by atoms with van der Waals surface area (Å²) in [5, 5.41) is 2.98. The molecule has 0 radical (unpaired) electrons. The maximum absolute atomic E-state index is 12.6. The number of nitrogens with zero attached hydrogens (tertiary/aromatic N) is 2. The molecule has 0 aliphatic heterocycles. The van der Waals surface area contributed by atoms with Crippen molar-refractivity contribution in [3.8, 4) is 17.2 Å². The Morgan fingerprint density at radius 3 is 2.50 bits per heavy atom. The number of fused-ring (bicyclic) bond motifs is 1.